The van der Waals surface area contributed by atoms with E-state index < -0.39 is 0 Å². The molecule has 4 unspecified atom stereocenters. The first-order valence-corrected chi connectivity index (χ1v) is 10.4. The second-order valence-electron chi connectivity index (χ2n) is 7.98. The zero-order valence-electron chi connectivity index (χ0n) is 17.0. The third-order valence-corrected chi connectivity index (χ3v) is 6.09. The van der Waals surface area contributed by atoms with Gasteiger partial charge in [0.15, 0.2) is 17.3 Å². The van der Waals surface area contributed by atoms with E-state index in [1.54, 1.807) is 10.7 Å². The van der Waals surface area contributed by atoms with Crippen LogP contribution in [0.4, 0.5) is 0 Å². The number of nitrogens with zero attached hydrogens (tertiary/aromatic N) is 5. The molecule has 0 bridgehead atoms. The molecule has 1 aromatic heterocycles. The molecule has 0 amide bonds. The Morgan fingerprint density at radius 3 is 2.91 bits per heavy atom. The van der Waals surface area contributed by atoms with Gasteiger partial charge in [0.1, 0.15) is 18.2 Å². The summed E-state index contributed by atoms with van der Waals surface area (Å²) in [4.78, 5) is 0. The molecular weight excluding hydrogens is 412 g/mol. The van der Waals surface area contributed by atoms with Crippen LogP contribution in [0.3, 0.4) is 0 Å². The van der Waals surface area contributed by atoms with Gasteiger partial charge >= 0.3 is 0 Å². The highest BCUT2D eigenvalue weighted by Crippen LogP contribution is 2.38. The lowest BCUT2D eigenvalue weighted by atomic mass is 10.1. The highest BCUT2D eigenvalue weighted by molar-refractivity contribution is 5.61. The molecule has 2 saturated heterocycles. The van der Waals surface area contributed by atoms with Crippen molar-refractivity contribution in [2.75, 3.05) is 20.0 Å². The van der Waals surface area contributed by atoms with E-state index >= 15 is 0 Å². The molecule has 3 aromatic rings. The lowest BCUT2D eigenvalue weighted by molar-refractivity contribution is 0.0621. The van der Waals surface area contributed by atoms with Crippen molar-refractivity contribution < 1.29 is 18.9 Å². The van der Waals surface area contributed by atoms with Crippen LogP contribution in [0.15, 0.2) is 42.5 Å². The summed E-state index contributed by atoms with van der Waals surface area (Å²) >= 11 is 0. The van der Waals surface area contributed by atoms with Crippen LogP contribution in [0.2, 0.25) is 0 Å². The highest BCUT2D eigenvalue weighted by atomic mass is 16.7. The summed E-state index contributed by atoms with van der Waals surface area (Å²) in [5.74, 6) is 2.02. The summed E-state index contributed by atoms with van der Waals surface area (Å²) in [7, 11) is 0. The predicted octanol–water partition coefficient (Wildman–Crippen LogP) is 1.44. The summed E-state index contributed by atoms with van der Waals surface area (Å²) in [6.45, 7) is 1.84. The van der Waals surface area contributed by atoms with E-state index in [2.05, 4.69) is 26.9 Å². The molecule has 1 N–H and O–H groups in total. The number of nitrogens with one attached hydrogen (secondary N) is 1. The zero-order chi connectivity index (χ0) is 21.5. The Morgan fingerprint density at radius 1 is 1.06 bits per heavy atom. The fourth-order valence-electron chi connectivity index (χ4n) is 4.51. The molecule has 32 heavy (non-hydrogen) atoms. The molecule has 2 fully saturated rings. The van der Waals surface area contributed by atoms with Crippen molar-refractivity contribution in [3.05, 3.63) is 53.6 Å². The average molecular weight is 432 g/mol. The van der Waals surface area contributed by atoms with Gasteiger partial charge < -0.3 is 24.3 Å². The molecule has 4 heterocycles. The lowest BCUT2D eigenvalue weighted by Gasteiger charge is -2.18. The molecule has 3 aliphatic heterocycles. The number of ether oxygens (including phenoxy) is 4. The first-order chi connectivity index (χ1) is 15.8. The van der Waals surface area contributed by atoms with Gasteiger partial charge in [-0.15, -0.1) is 5.10 Å². The number of hydrogen-bond donors (Lipinski definition) is 1. The Bertz CT molecular complexity index is 1190. The topological polar surface area (TPSA) is 116 Å². The van der Waals surface area contributed by atoms with Crippen LogP contribution in [0.5, 0.6) is 11.5 Å². The molecule has 162 valence electrons. The number of hydrogen-bond acceptors (Lipinski definition) is 9. The van der Waals surface area contributed by atoms with Gasteiger partial charge in [0, 0.05) is 12.1 Å². The van der Waals surface area contributed by atoms with Crippen molar-refractivity contribution in [1.29, 1.82) is 5.26 Å². The molecule has 6 rings (SSSR count). The van der Waals surface area contributed by atoms with Gasteiger partial charge in [-0.05, 0) is 46.3 Å². The molecule has 0 radical (unpaired) electrons. The maximum absolute atomic E-state index is 9.09. The van der Waals surface area contributed by atoms with Crippen LogP contribution >= 0.6 is 0 Å². The Morgan fingerprint density at radius 2 is 1.97 bits per heavy atom. The molecule has 10 heteroatoms. The fourth-order valence-corrected chi connectivity index (χ4v) is 4.51. The minimum absolute atomic E-state index is 0.0428. The van der Waals surface area contributed by atoms with Gasteiger partial charge in [0.25, 0.3) is 0 Å². The minimum Gasteiger partial charge on any atom is -0.454 e. The monoisotopic (exact) mass is 432 g/mol. The van der Waals surface area contributed by atoms with Crippen LogP contribution in [-0.4, -0.2) is 58.5 Å². The number of tetrazole rings is 1. The zero-order valence-corrected chi connectivity index (χ0v) is 17.0. The molecule has 4 atom stereocenters. The van der Waals surface area contributed by atoms with Gasteiger partial charge in [-0.1, -0.05) is 12.1 Å². The number of benzene rings is 2. The van der Waals surface area contributed by atoms with Gasteiger partial charge in [-0.25, -0.2) is 4.68 Å². The van der Waals surface area contributed by atoms with Gasteiger partial charge in [-0.2, -0.15) is 5.26 Å². The van der Waals surface area contributed by atoms with Crippen LogP contribution in [0.25, 0.3) is 11.4 Å². The second kappa shape index (κ2) is 7.87. The van der Waals surface area contributed by atoms with Crippen LogP contribution in [0, 0.1) is 11.3 Å². The van der Waals surface area contributed by atoms with E-state index in [0.29, 0.717) is 42.6 Å². The quantitative estimate of drug-likeness (QED) is 0.639. The molecule has 0 spiro atoms. The Hall–Kier alpha value is -3.52. The Labute approximate surface area is 183 Å². The Balaban J connectivity index is 1.17. The predicted molar refractivity (Wildman–Crippen MR) is 110 cm³/mol. The molecule has 2 aromatic carbocycles. The summed E-state index contributed by atoms with van der Waals surface area (Å²) in [5.41, 5.74) is 2.54. The number of aromatic nitrogens is 4. The minimum atomic E-state index is -0.158. The van der Waals surface area contributed by atoms with Gasteiger partial charge in [-0.3, -0.25) is 0 Å². The maximum Gasteiger partial charge on any atom is 0.231 e. The van der Waals surface area contributed by atoms with Crippen molar-refractivity contribution in [3.8, 4) is 29.0 Å². The van der Waals surface area contributed by atoms with E-state index in [0.717, 1.165) is 11.1 Å². The first kappa shape index (κ1) is 19.2. The fraction of sp³-hybridized carbons (Fsp3) is 0.364. The maximum atomic E-state index is 9.09. The highest BCUT2D eigenvalue weighted by Gasteiger charge is 2.49. The molecule has 10 nitrogen and oxygen atoms in total. The average Bonchev–Trinajstić information content (AvgIpc) is 3.61. The first-order valence-electron chi connectivity index (χ1n) is 10.4. The lowest BCUT2D eigenvalue weighted by Crippen LogP contribution is -2.40. The molecule has 0 saturated carbocycles. The van der Waals surface area contributed by atoms with E-state index in [-0.39, 0.29) is 31.1 Å². The normalized spacial score (nSPS) is 25.6. The van der Waals surface area contributed by atoms with E-state index in [4.69, 9.17) is 24.2 Å². The van der Waals surface area contributed by atoms with E-state index in [1.165, 1.54) is 0 Å². The number of nitriles is 1. The van der Waals surface area contributed by atoms with E-state index in [1.807, 2.05) is 36.4 Å². The van der Waals surface area contributed by atoms with Crippen molar-refractivity contribution in [1.82, 2.24) is 25.5 Å². The summed E-state index contributed by atoms with van der Waals surface area (Å²) < 4.78 is 24.9. The van der Waals surface area contributed by atoms with Crippen molar-refractivity contribution in [3.63, 3.8) is 0 Å². The number of rotatable bonds is 5. The SMILES string of the molecule is N#Cc1cccc(CNC2COC3C2OCC3n2nnnc2-c2ccc3c(c2)OCO3)c1. The molecule has 3 aliphatic rings. The van der Waals surface area contributed by atoms with Crippen LogP contribution in [0.1, 0.15) is 17.2 Å². The molecule has 0 aliphatic carbocycles. The van der Waals surface area contributed by atoms with Crippen molar-refractivity contribution >= 4 is 0 Å². The van der Waals surface area contributed by atoms with E-state index in [9.17, 15) is 0 Å². The molecular formula is C22H20N6O4. The Kier molecular flexibility index (Phi) is 4.72. The second-order valence-corrected chi connectivity index (χ2v) is 7.98. The third kappa shape index (κ3) is 3.27. The third-order valence-electron chi connectivity index (χ3n) is 6.09. The van der Waals surface area contributed by atoms with Crippen molar-refractivity contribution in [2.24, 2.45) is 0 Å². The van der Waals surface area contributed by atoms with Crippen LogP contribution in [-0.2, 0) is 16.0 Å². The van der Waals surface area contributed by atoms with Gasteiger partial charge in [0.2, 0.25) is 6.79 Å². The van der Waals surface area contributed by atoms with Crippen LogP contribution < -0.4 is 14.8 Å². The summed E-state index contributed by atoms with van der Waals surface area (Å²) in [5, 5.41) is 25.0. The standard InChI is InChI=1S/C22H20N6O4/c23-8-13-2-1-3-14(6-13)9-24-16-10-29-21-17(11-30-20(16)21)28-22(25-26-27-28)15-4-5-18-19(7-15)32-12-31-18/h1-7,16-17,20-21,24H,9-12H2. The summed E-state index contributed by atoms with van der Waals surface area (Å²) in [6, 6.07) is 15.3. The number of fused-ring (bicyclic) bond motifs is 2. The summed E-state index contributed by atoms with van der Waals surface area (Å²) in [6.07, 6.45) is -0.262. The van der Waals surface area contributed by atoms with Crippen molar-refractivity contribution in [2.45, 2.75) is 30.8 Å². The van der Waals surface area contributed by atoms with Gasteiger partial charge in [0.05, 0.1) is 30.9 Å². The smallest absolute Gasteiger partial charge is 0.231 e. The largest absolute Gasteiger partial charge is 0.454 e.